The van der Waals surface area contributed by atoms with Crippen LogP contribution in [-0.2, 0) is 15.1 Å². The average Bonchev–Trinajstić information content (AvgIpc) is 3.30. The summed E-state index contributed by atoms with van der Waals surface area (Å²) in [5.74, 6) is -4.44. The average molecular weight is 641 g/mol. The molecule has 0 unspecified atom stereocenters. The standard InChI is InChI=1S/C34H35ClF2N2O6/c1-19-27-26(18-24(36)30(35)29(27)28-23(32(38)40)12-13-25(31(28)37)44-17-16-43-2)45-34(19,21-6-4-3-5-7-21)14-15-39-22-10-8-20(9-11-22)33(41)42/h3-7,12-15,18-20,22,39H,8-11,16-17H2,1-2H3,(H2,38,40)(H,41,42)/b15-14-/t19-,20?,22?,34-/m0/s1. The smallest absolute Gasteiger partial charge is 0.306 e. The van der Waals surface area contributed by atoms with Gasteiger partial charge in [-0.05, 0) is 55.7 Å². The molecule has 0 saturated heterocycles. The number of rotatable bonds is 11. The van der Waals surface area contributed by atoms with Crippen molar-refractivity contribution >= 4 is 23.5 Å². The van der Waals surface area contributed by atoms with Gasteiger partial charge < -0.3 is 30.4 Å². The molecule has 5 rings (SSSR count). The number of primary amides is 1. The van der Waals surface area contributed by atoms with Crippen molar-refractivity contribution in [3.63, 3.8) is 0 Å². The summed E-state index contributed by atoms with van der Waals surface area (Å²) in [6, 6.07) is 13.2. The van der Waals surface area contributed by atoms with Gasteiger partial charge in [0, 0.05) is 41.8 Å². The molecule has 2 atom stereocenters. The van der Waals surface area contributed by atoms with E-state index in [0.29, 0.717) is 31.2 Å². The number of methoxy groups -OCH3 is 1. The molecule has 11 heteroatoms. The molecule has 1 saturated carbocycles. The Hall–Kier alpha value is -4.15. The molecule has 1 heterocycles. The summed E-state index contributed by atoms with van der Waals surface area (Å²) in [6.45, 7) is 2.08. The third-order valence-electron chi connectivity index (χ3n) is 8.71. The number of hydrogen-bond donors (Lipinski definition) is 3. The predicted octanol–water partition coefficient (Wildman–Crippen LogP) is 6.55. The molecule has 1 aliphatic carbocycles. The Balaban J connectivity index is 1.60. The summed E-state index contributed by atoms with van der Waals surface area (Å²) in [6.07, 6.45) is 6.15. The second kappa shape index (κ2) is 13.5. The number of ether oxygens (including phenoxy) is 3. The number of nitrogens with two attached hydrogens (primary N) is 1. The monoisotopic (exact) mass is 640 g/mol. The van der Waals surface area contributed by atoms with Crippen molar-refractivity contribution in [2.75, 3.05) is 20.3 Å². The molecule has 1 amide bonds. The van der Waals surface area contributed by atoms with Gasteiger partial charge in [-0.15, -0.1) is 0 Å². The van der Waals surface area contributed by atoms with Crippen LogP contribution in [0, 0.1) is 17.6 Å². The lowest BCUT2D eigenvalue weighted by Gasteiger charge is -2.32. The van der Waals surface area contributed by atoms with E-state index in [0.717, 1.165) is 11.6 Å². The molecule has 0 bridgehead atoms. The van der Waals surface area contributed by atoms with Gasteiger partial charge in [0.15, 0.2) is 17.2 Å². The van der Waals surface area contributed by atoms with Crippen LogP contribution < -0.4 is 20.5 Å². The Kier molecular flexibility index (Phi) is 9.65. The zero-order valence-corrected chi connectivity index (χ0v) is 25.7. The summed E-state index contributed by atoms with van der Waals surface area (Å²) in [7, 11) is 1.48. The number of nitrogens with one attached hydrogen (secondary N) is 1. The highest BCUT2D eigenvalue weighted by atomic mass is 35.5. The summed E-state index contributed by atoms with van der Waals surface area (Å²) in [5.41, 5.74) is 5.11. The zero-order valence-electron chi connectivity index (χ0n) is 24.9. The number of benzene rings is 3. The largest absolute Gasteiger partial charge is 0.488 e. The number of carbonyl (C=O) groups excluding carboxylic acids is 1. The lowest BCUT2D eigenvalue weighted by atomic mass is 9.77. The molecule has 4 N–H and O–H groups in total. The molecule has 2 aliphatic rings. The second-order valence-electron chi connectivity index (χ2n) is 11.3. The Morgan fingerprint density at radius 2 is 1.82 bits per heavy atom. The van der Waals surface area contributed by atoms with Crippen molar-refractivity contribution in [2.45, 2.75) is 50.2 Å². The van der Waals surface area contributed by atoms with Gasteiger partial charge in [0.2, 0.25) is 5.91 Å². The van der Waals surface area contributed by atoms with Crippen molar-refractivity contribution in [1.82, 2.24) is 5.32 Å². The normalized spacial score (nSPS) is 22.6. The quantitative estimate of drug-likeness (QED) is 0.203. The number of hydrogen-bond acceptors (Lipinski definition) is 6. The van der Waals surface area contributed by atoms with Gasteiger partial charge in [0.05, 0.1) is 23.1 Å². The highest BCUT2D eigenvalue weighted by molar-refractivity contribution is 6.34. The first-order valence-electron chi connectivity index (χ1n) is 14.8. The highest BCUT2D eigenvalue weighted by Crippen LogP contribution is 2.57. The summed E-state index contributed by atoms with van der Waals surface area (Å²) in [4.78, 5) is 23.9. The Labute approximate surface area is 265 Å². The third-order valence-corrected chi connectivity index (χ3v) is 9.08. The van der Waals surface area contributed by atoms with Gasteiger partial charge in [0.1, 0.15) is 18.2 Å². The molecular weight excluding hydrogens is 606 g/mol. The minimum atomic E-state index is -1.18. The van der Waals surface area contributed by atoms with E-state index in [4.69, 9.17) is 31.5 Å². The second-order valence-corrected chi connectivity index (χ2v) is 11.7. The molecule has 1 aliphatic heterocycles. The van der Waals surface area contributed by atoms with Crippen LogP contribution in [0.2, 0.25) is 5.02 Å². The van der Waals surface area contributed by atoms with E-state index in [-0.39, 0.29) is 58.4 Å². The van der Waals surface area contributed by atoms with Gasteiger partial charge in [-0.3, -0.25) is 9.59 Å². The first-order chi connectivity index (χ1) is 21.6. The molecule has 0 radical (unpaired) electrons. The van der Waals surface area contributed by atoms with E-state index in [2.05, 4.69) is 5.32 Å². The van der Waals surface area contributed by atoms with Crippen molar-refractivity contribution < 1.29 is 37.7 Å². The number of aliphatic carboxylic acids is 1. The molecule has 238 valence electrons. The summed E-state index contributed by atoms with van der Waals surface area (Å²) >= 11 is 6.60. The topological polar surface area (TPSA) is 120 Å². The molecule has 8 nitrogen and oxygen atoms in total. The number of carboxylic acid groups (broad SMARTS) is 1. The van der Waals surface area contributed by atoms with Crippen LogP contribution in [0.15, 0.2) is 60.8 Å². The zero-order chi connectivity index (χ0) is 32.3. The van der Waals surface area contributed by atoms with Crippen LogP contribution in [0.1, 0.15) is 60.0 Å². The minimum absolute atomic E-state index is 0.0319. The summed E-state index contributed by atoms with van der Waals surface area (Å²) < 4.78 is 48.9. The van der Waals surface area contributed by atoms with Crippen molar-refractivity contribution in [2.24, 2.45) is 11.7 Å². The lowest BCUT2D eigenvalue weighted by molar-refractivity contribution is -0.142. The van der Waals surface area contributed by atoms with Crippen LogP contribution >= 0.6 is 11.6 Å². The van der Waals surface area contributed by atoms with E-state index in [1.165, 1.54) is 19.2 Å². The van der Waals surface area contributed by atoms with Gasteiger partial charge in [0.25, 0.3) is 0 Å². The van der Waals surface area contributed by atoms with E-state index in [9.17, 15) is 14.7 Å². The molecule has 0 aromatic heterocycles. The predicted molar refractivity (Wildman–Crippen MR) is 166 cm³/mol. The van der Waals surface area contributed by atoms with Gasteiger partial charge in [-0.2, -0.15) is 0 Å². The molecule has 1 fully saturated rings. The minimum Gasteiger partial charge on any atom is -0.488 e. The van der Waals surface area contributed by atoms with Gasteiger partial charge in [-0.25, -0.2) is 8.78 Å². The molecule has 3 aromatic rings. The number of carbonyl (C=O) groups is 2. The fourth-order valence-electron chi connectivity index (χ4n) is 6.31. The molecule has 0 spiro atoms. The molecule has 3 aromatic carbocycles. The van der Waals surface area contributed by atoms with E-state index in [1.54, 1.807) is 6.20 Å². The molecule has 45 heavy (non-hydrogen) atoms. The number of carboxylic acids is 1. The Morgan fingerprint density at radius 3 is 2.47 bits per heavy atom. The van der Waals surface area contributed by atoms with E-state index >= 15 is 8.78 Å². The third kappa shape index (κ3) is 6.21. The Bertz CT molecular complexity index is 1610. The van der Waals surface area contributed by atoms with Crippen LogP contribution in [0.25, 0.3) is 11.1 Å². The van der Waals surface area contributed by atoms with Crippen molar-refractivity contribution in [3.05, 3.63) is 94.2 Å². The van der Waals surface area contributed by atoms with Crippen LogP contribution in [-0.4, -0.2) is 43.3 Å². The van der Waals surface area contributed by atoms with E-state index in [1.807, 2.05) is 43.3 Å². The Morgan fingerprint density at radius 1 is 1.11 bits per heavy atom. The highest BCUT2D eigenvalue weighted by Gasteiger charge is 2.48. The van der Waals surface area contributed by atoms with Crippen LogP contribution in [0.5, 0.6) is 11.5 Å². The summed E-state index contributed by atoms with van der Waals surface area (Å²) in [5, 5.41) is 12.3. The van der Waals surface area contributed by atoms with Gasteiger partial charge >= 0.3 is 5.97 Å². The van der Waals surface area contributed by atoms with E-state index < -0.39 is 35.0 Å². The molecular formula is C34H35ClF2N2O6. The van der Waals surface area contributed by atoms with Gasteiger partial charge in [-0.1, -0.05) is 48.9 Å². The van der Waals surface area contributed by atoms with Crippen LogP contribution in [0.3, 0.4) is 0 Å². The number of amides is 1. The maximum absolute atomic E-state index is 16.3. The number of halogens is 3. The maximum Gasteiger partial charge on any atom is 0.306 e. The van der Waals surface area contributed by atoms with Crippen molar-refractivity contribution in [1.29, 1.82) is 0 Å². The van der Waals surface area contributed by atoms with Crippen LogP contribution in [0.4, 0.5) is 8.78 Å². The first kappa shape index (κ1) is 32.2. The maximum atomic E-state index is 16.3. The van der Waals surface area contributed by atoms with Crippen molar-refractivity contribution in [3.8, 4) is 22.6 Å². The number of fused-ring (bicyclic) bond motifs is 1. The fourth-order valence-corrected chi connectivity index (χ4v) is 6.56. The fraction of sp³-hybridized carbons (Fsp3) is 0.353. The first-order valence-corrected chi connectivity index (χ1v) is 15.1. The SMILES string of the molecule is COCCOc1ccc(C(N)=O)c(-c2c(Cl)c(F)cc3c2[C@H](C)[C@@](/C=C\NC2CCC(C(=O)O)CC2)(c2ccccc2)O3)c1F. The lowest BCUT2D eigenvalue weighted by Crippen LogP contribution is -2.35.